The second kappa shape index (κ2) is 14.2. The van der Waals surface area contributed by atoms with E-state index in [9.17, 15) is 24.3 Å². The first-order valence-corrected chi connectivity index (χ1v) is 10.8. The third-order valence-corrected chi connectivity index (χ3v) is 4.93. The molecule has 0 bridgehead atoms. The summed E-state index contributed by atoms with van der Waals surface area (Å²) in [4.78, 5) is 49.2. The fraction of sp³-hybridized carbons (Fsp3) is 0.545. The fourth-order valence-corrected chi connectivity index (χ4v) is 3.11. The van der Waals surface area contributed by atoms with Gasteiger partial charge in [-0.1, -0.05) is 44.2 Å². The highest BCUT2D eigenvalue weighted by atomic mass is 16.4. The van der Waals surface area contributed by atoms with Crippen LogP contribution in [0.25, 0.3) is 0 Å². The van der Waals surface area contributed by atoms with Crippen LogP contribution in [-0.4, -0.2) is 60.0 Å². The second-order valence-corrected chi connectivity index (χ2v) is 7.93. The zero-order chi connectivity index (χ0) is 24.1. The molecule has 3 unspecified atom stereocenters. The van der Waals surface area contributed by atoms with Gasteiger partial charge >= 0.3 is 5.97 Å². The number of aliphatic carboxylic acids is 1. The van der Waals surface area contributed by atoms with Crippen molar-refractivity contribution in [1.82, 2.24) is 16.0 Å². The van der Waals surface area contributed by atoms with Crippen LogP contribution >= 0.6 is 0 Å². The Hall–Kier alpha value is -2.98. The van der Waals surface area contributed by atoms with Gasteiger partial charge in [0, 0.05) is 6.42 Å². The SMILES string of the molecule is CC(C)C(NC(=O)C(CCCCN)NC(=O)C(Cc1ccccc1)NC(=O)CN)C(=O)O. The van der Waals surface area contributed by atoms with Crippen molar-refractivity contribution in [3.63, 3.8) is 0 Å². The van der Waals surface area contributed by atoms with E-state index in [1.54, 1.807) is 13.8 Å². The van der Waals surface area contributed by atoms with E-state index < -0.39 is 41.8 Å². The maximum absolute atomic E-state index is 13.0. The molecule has 0 fully saturated rings. The number of nitrogens with two attached hydrogens (primary N) is 2. The predicted octanol–water partition coefficient (Wildman–Crippen LogP) is -0.488. The summed E-state index contributed by atoms with van der Waals surface area (Å²) in [6.45, 7) is 3.50. The van der Waals surface area contributed by atoms with Gasteiger partial charge in [-0.25, -0.2) is 4.79 Å². The molecule has 32 heavy (non-hydrogen) atoms. The topological polar surface area (TPSA) is 177 Å². The van der Waals surface area contributed by atoms with Crippen LogP contribution in [0.2, 0.25) is 0 Å². The molecule has 0 heterocycles. The first-order chi connectivity index (χ1) is 15.2. The Morgan fingerprint density at radius 2 is 1.53 bits per heavy atom. The summed E-state index contributed by atoms with van der Waals surface area (Å²) >= 11 is 0. The molecule has 10 nitrogen and oxygen atoms in total. The largest absolute Gasteiger partial charge is 0.480 e. The number of carbonyl (C=O) groups is 4. The van der Waals surface area contributed by atoms with Crippen LogP contribution in [-0.2, 0) is 25.6 Å². The Labute approximate surface area is 188 Å². The number of unbranched alkanes of at least 4 members (excludes halogenated alkanes) is 1. The highest BCUT2D eigenvalue weighted by Gasteiger charge is 2.30. The molecule has 1 rings (SSSR count). The van der Waals surface area contributed by atoms with Crippen molar-refractivity contribution in [2.75, 3.05) is 13.1 Å². The van der Waals surface area contributed by atoms with Gasteiger partial charge in [-0.2, -0.15) is 0 Å². The third kappa shape index (κ3) is 9.44. The summed E-state index contributed by atoms with van der Waals surface area (Å²) in [5, 5.41) is 17.1. The van der Waals surface area contributed by atoms with Gasteiger partial charge in [-0.15, -0.1) is 0 Å². The van der Waals surface area contributed by atoms with Gasteiger partial charge in [0.05, 0.1) is 6.54 Å². The van der Waals surface area contributed by atoms with Gasteiger partial charge in [0.15, 0.2) is 0 Å². The van der Waals surface area contributed by atoms with Gasteiger partial charge < -0.3 is 32.5 Å². The van der Waals surface area contributed by atoms with Gasteiger partial charge in [-0.3, -0.25) is 14.4 Å². The average Bonchev–Trinajstić information content (AvgIpc) is 2.76. The monoisotopic (exact) mass is 449 g/mol. The van der Waals surface area contributed by atoms with Crippen molar-refractivity contribution in [2.45, 2.75) is 57.7 Å². The Bertz CT molecular complexity index is 756. The van der Waals surface area contributed by atoms with E-state index >= 15 is 0 Å². The second-order valence-electron chi connectivity index (χ2n) is 7.93. The summed E-state index contributed by atoms with van der Waals surface area (Å²) in [6.07, 6.45) is 1.69. The Morgan fingerprint density at radius 3 is 2.06 bits per heavy atom. The zero-order valence-corrected chi connectivity index (χ0v) is 18.7. The van der Waals surface area contributed by atoms with Gasteiger partial charge in [0.1, 0.15) is 18.1 Å². The maximum Gasteiger partial charge on any atom is 0.326 e. The van der Waals surface area contributed by atoms with Crippen molar-refractivity contribution in [1.29, 1.82) is 0 Å². The van der Waals surface area contributed by atoms with Crippen molar-refractivity contribution >= 4 is 23.7 Å². The summed E-state index contributed by atoms with van der Waals surface area (Å²) in [7, 11) is 0. The number of carbonyl (C=O) groups excluding carboxylic acids is 3. The minimum absolute atomic E-state index is 0.208. The zero-order valence-electron chi connectivity index (χ0n) is 18.7. The van der Waals surface area contributed by atoms with Crippen LogP contribution in [0.1, 0.15) is 38.7 Å². The number of amides is 3. The number of nitrogens with one attached hydrogen (secondary N) is 3. The lowest BCUT2D eigenvalue weighted by Crippen LogP contribution is -2.57. The summed E-state index contributed by atoms with van der Waals surface area (Å²) in [5.41, 5.74) is 11.7. The molecule has 3 amide bonds. The molecule has 1 aromatic carbocycles. The van der Waals surface area contributed by atoms with E-state index in [1.165, 1.54) is 0 Å². The molecule has 178 valence electrons. The van der Waals surface area contributed by atoms with E-state index in [-0.39, 0.29) is 25.3 Å². The lowest BCUT2D eigenvalue weighted by Gasteiger charge is -2.25. The standard InChI is InChI=1S/C22H35N5O5/c1-14(2)19(22(31)32)27-20(29)16(10-6-7-11-23)26-21(30)17(25-18(28)13-24)12-15-8-4-3-5-9-15/h3-5,8-9,14,16-17,19H,6-7,10-13,23-24H2,1-2H3,(H,25,28)(H,26,30)(H,27,29)(H,31,32). The quantitative estimate of drug-likeness (QED) is 0.208. The molecule has 0 aliphatic rings. The number of carboxylic acid groups (broad SMARTS) is 1. The molecule has 0 radical (unpaired) electrons. The van der Waals surface area contributed by atoms with E-state index in [4.69, 9.17) is 11.5 Å². The normalized spacial score (nSPS) is 13.7. The molecule has 1 aromatic rings. The van der Waals surface area contributed by atoms with Gasteiger partial charge in [0.2, 0.25) is 17.7 Å². The minimum atomic E-state index is -1.16. The Morgan fingerprint density at radius 1 is 0.906 bits per heavy atom. The first kappa shape index (κ1) is 27.1. The van der Waals surface area contributed by atoms with Crippen LogP contribution in [0.3, 0.4) is 0 Å². The summed E-state index contributed by atoms with van der Waals surface area (Å²) in [5.74, 6) is -3.15. The molecule has 0 spiro atoms. The van der Waals surface area contributed by atoms with Crippen molar-refractivity contribution < 1.29 is 24.3 Å². The van der Waals surface area contributed by atoms with Crippen LogP contribution in [0, 0.1) is 5.92 Å². The minimum Gasteiger partial charge on any atom is -0.480 e. The maximum atomic E-state index is 13.0. The summed E-state index contributed by atoms with van der Waals surface area (Å²) in [6, 6.07) is 6.10. The highest BCUT2D eigenvalue weighted by Crippen LogP contribution is 2.08. The van der Waals surface area contributed by atoms with Crippen molar-refractivity contribution in [2.24, 2.45) is 17.4 Å². The molecule has 3 atom stereocenters. The molecule has 0 aliphatic heterocycles. The van der Waals surface area contributed by atoms with E-state index in [0.717, 1.165) is 5.56 Å². The highest BCUT2D eigenvalue weighted by molar-refractivity contribution is 5.93. The molecular weight excluding hydrogens is 414 g/mol. The molecule has 0 saturated heterocycles. The smallest absolute Gasteiger partial charge is 0.326 e. The first-order valence-electron chi connectivity index (χ1n) is 10.8. The molecular formula is C22H35N5O5. The number of rotatable bonds is 14. The van der Waals surface area contributed by atoms with Crippen LogP contribution in [0.15, 0.2) is 30.3 Å². The van der Waals surface area contributed by atoms with Crippen LogP contribution < -0.4 is 27.4 Å². The average molecular weight is 450 g/mol. The number of benzene rings is 1. The van der Waals surface area contributed by atoms with Crippen LogP contribution in [0.4, 0.5) is 0 Å². The number of hydrogen-bond donors (Lipinski definition) is 6. The predicted molar refractivity (Wildman–Crippen MR) is 120 cm³/mol. The van der Waals surface area contributed by atoms with Crippen LogP contribution in [0.5, 0.6) is 0 Å². The molecule has 0 saturated carbocycles. The lowest BCUT2D eigenvalue weighted by atomic mass is 10.0. The molecule has 0 aliphatic carbocycles. The van der Waals surface area contributed by atoms with Gasteiger partial charge in [-0.05, 0) is 37.3 Å². The van der Waals surface area contributed by atoms with E-state index in [1.807, 2.05) is 30.3 Å². The summed E-state index contributed by atoms with van der Waals surface area (Å²) < 4.78 is 0. The van der Waals surface area contributed by atoms with Gasteiger partial charge in [0.25, 0.3) is 0 Å². The molecule has 8 N–H and O–H groups in total. The number of carboxylic acids is 1. The Kier molecular flexibility index (Phi) is 12.0. The van der Waals surface area contributed by atoms with Crippen molar-refractivity contribution in [3.05, 3.63) is 35.9 Å². The Balaban J connectivity index is 3.00. The molecule has 10 heteroatoms. The lowest BCUT2D eigenvalue weighted by molar-refractivity contribution is -0.143. The third-order valence-electron chi connectivity index (χ3n) is 4.93. The van der Waals surface area contributed by atoms with E-state index in [0.29, 0.717) is 19.4 Å². The molecule has 0 aromatic heterocycles. The number of hydrogen-bond acceptors (Lipinski definition) is 6. The van der Waals surface area contributed by atoms with Crippen molar-refractivity contribution in [3.8, 4) is 0 Å². The van der Waals surface area contributed by atoms with E-state index in [2.05, 4.69) is 16.0 Å². The fourth-order valence-electron chi connectivity index (χ4n) is 3.11.